The SMILES string of the molecule is CCOc1ccc(CC(=O)N2CCC(c3nc4c(c(=O)[nH]3)CCN(C(C)C)C4)CC2)cc1. The van der Waals surface area contributed by atoms with Gasteiger partial charge in [-0.05, 0) is 57.7 Å². The fourth-order valence-electron chi connectivity index (χ4n) is 4.67. The summed E-state index contributed by atoms with van der Waals surface area (Å²) in [5.74, 6) is 1.95. The number of ether oxygens (including phenoxy) is 1. The summed E-state index contributed by atoms with van der Waals surface area (Å²) in [5, 5.41) is 0. The quantitative estimate of drug-likeness (QED) is 0.750. The van der Waals surface area contributed by atoms with Gasteiger partial charge in [0.25, 0.3) is 5.56 Å². The fraction of sp³-hybridized carbons (Fsp3) is 0.560. The summed E-state index contributed by atoms with van der Waals surface area (Å²) in [4.78, 5) is 37.7. The number of carbonyl (C=O) groups is 1. The normalized spacial score (nSPS) is 17.4. The summed E-state index contributed by atoms with van der Waals surface area (Å²) in [7, 11) is 0. The monoisotopic (exact) mass is 438 g/mol. The van der Waals surface area contributed by atoms with Gasteiger partial charge in [-0.15, -0.1) is 0 Å². The third-order valence-corrected chi connectivity index (χ3v) is 6.68. The first-order chi connectivity index (χ1) is 15.4. The van der Waals surface area contributed by atoms with E-state index in [0.717, 1.165) is 60.7 Å². The number of aromatic amines is 1. The van der Waals surface area contributed by atoms with Crippen molar-refractivity contribution in [1.29, 1.82) is 0 Å². The van der Waals surface area contributed by atoms with Crippen LogP contribution in [0, 0.1) is 0 Å². The minimum Gasteiger partial charge on any atom is -0.494 e. The maximum absolute atomic E-state index is 12.8. The Kier molecular flexibility index (Phi) is 6.94. The molecule has 1 amide bonds. The average molecular weight is 439 g/mol. The minimum absolute atomic E-state index is 0.0161. The Balaban J connectivity index is 1.36. The molecule has 0 radical (unpaired) electrons. The Morgan fingerprint density at radius 1 is 1.19 bits per heavy atom. The van der Waals surface area contributed by atoms with Crippen molar-refractivity contribution < 1.29 is 9.53 Å². The molecule has 1 fully saturated rings. The molecule has 32 heavy (non-hydrogen) atoms. The van der Waals surface area contributed by atoms with Crippen molar-refractivity contribution >= 4 is 5.91 Å². The maximum atomic E-state index is 12.8. The first-order valence-corrected chi connectivity index (χ1v) is 11.8. The summed E-state index contributed by atoms with van der Waals surface area (Å²) in [6.45, 7) is 9.98. The van der Waals surface area contributed by atoms with E-state index in [4.69, 9.17) is 9.72 Å². The number of likely N-dealkylation sites (tertiary alicyclic amines) is 1. The molecule has 0 saturated carbocycles. The summed E-state index contributed by atoms with van der Waals surface area (Å²) in [5.41, 5.74) is 2.78. The van der Waals surface area contributed by atoms with Gasteiger partial charge < -0.3 is 14.6 Å². The van der Waals surface area contributed by atoms with Crippen molar-refractivity contribution in [2.75, 3.05) is 26.2 Å². The number of aromatic nitrogens is 2. The topological polar surface area (TPSA) is 78.5 Å². The predicted molar refractivity (Wildman–Crippen MR) is 124 cm³/mol. The van der Waals surface area contributed by atoms with E-state index in [1.54, 1.807) is 0 Å². The van der Waals surface area contributed by atoms with Crippen LogP contribution in [0.4, 0.5) is 0 Å². The first-order valence-electron chi connectivity index (χ1n) is 11.8. The standard InChI is InChI=1S/C25H34N4O3/c1-4-32-20-7-5-18(6-8-20)15-23(30)28-12-9-19(10-13-28)24-26-22-16-29(17(2)3)14-11-21(22)25(31)27-24/h5-8,17,19H,4,9-16H2,1-3H3,(H,26,27,31). The second-order valence-corrected chi connectivity index (χ2v) is 9.10. The number of amides is 1. The first kappa shape index (κ1) is 22.5. The highest BCUT2D eigenvalue weighted by Crippen LogP contribution is 2.27. The van der Waals surface area contributed by atoms with E-state index < -0.39 is 0 Å². The van der Waals surface area contributed by atoms with Gasteiger partial charge in [-0.2, -0.15) is 0 Å². The van der Waals surface area contributed by atoms with Crippen LogP contribution in [0.25, 0.3) is 0 Å². The van der Waals surface area contributed by atoms with Crippen molar-refractivity contribution in [2.24, 2.45) is 0 Å². The van der Waals surface area contributed by atoms with E-state index in [0.29, 0.717) is 32.2 Å². The molecule has 3 heterocycles. The second kappa shape index (κ2) is 9.86. The lowest BCUT2D eigenvalue weighted by Gasteiger charge is -2.33. The van der Waals surface area contributed by atoms with Crippen LogP contribution in [0.15, 0.2) is 29.1 Å². The van der Waals surface area contributed by atoms with Gasteiger partial charge in [0.1, 0.15) is 11.6 Å². The summed E-state index contributed by atoms with van der Waals surface area (Å²) >= 11 is 0. The third kappa shape index (κ3) is 5.04. The van der Waals surface area contributed by atoms with Crippen molar-refractivity contribution in [3.05, 3.63) is 57.3 Å². The molecule has 2 aliphatic rings. The highest BCUT2D eigenvalue weighted by atomic mass is 16.5. The number of benzene rings is 1. The van der Waals surface area contributed by atoms with E-state index in [9.17, 15) is 9.59 Å². The molecular formula is C25H34N4O3. The van der Waals surface area contributed by atoms with Gasteiger partial charge in [0.05, 0.1) is 18.7 Å². The van der Waals surface area contributed by atoms with Crippen LogP contribution in [-0.4, -0.2) is 58.0 Å². The highest BCUT2D eigenvalue weighted by Gasteiger charge is 2.28. The molecule has 2 aliphatic heterocycles. The van der Waals surface area contributed by atoms with Crippen LogP contribution in [-0.2, 0) is 24.2 Å². The lowest BCUT2D eigenvalue weighted by atomic mass is 9.94. The largest absolute Gasteiger partial charge is 0.494 e. The summed E-state index contributed by atoms with van der Waals surface area (Å²) in [6.07, 6.45) is 2.81. The zero-order valence-electron chi connectivity index (χ0n) is 19.4. The molecule has 0 unspecified atom stereocenters. The molecule has 172 valence electrons. The van der Waals surface area contributed by atoms with Gasteiger partial charge in [0, 0.05) is 43.7 Å². The van der Waals surface area contributed by atoms with Crippen LogP contribution >= 0.6 is 0 Å². The number of piperidine rings is 1. The van der Waals surface area contributed by atoms with Gasteiger partial charge >= 0.3 is 0 Å². The zero-order valence-corrected chi connectivity index (χ0v) is 19.4. The van der Waals surface area contributed by atoms with Crippen LogP contribution in [0.5, 0.6) is 5.75 Å². The minimum atomic E-state index is 0.0161. The number of hydrogen-bond acceptors (Lipinski definition) is 5. The van der Waals surface area contributed by atoms with Crippen LogP contribution in [0.2, 0.25) is 0 Å². The lowest BCUT2D eigenvalue weighted by molar-refractivity contribution is -0.131. The molecule has 0 spiro atoms. The van der Waals surface area contributed by atoms with Gasteiger partial charge in [-0.25, -0.2) is 4.98 Å². The highest BCUT2D eigenvalue weighted by molar-refractivity contribution is 5.78. The Labute approximate surface area is 189 Å². The molecule has 1 aromatic carbocycles. The van der Waals surface area contributed by atoms with E-state index >= 15 is 0 Å². The van der Waals surface area contributed by atoms with Crippen molar-refractivity contribution in [2.45, 2.75) is 65.0 Å². The second-order valence-electron chi connectivity index (χ2n) is 9.10. The van der Waals surface area contributed by atoms with Crippen molar-refractivity contribution in [3.8, 4) is 5.75 Å². The molecular weight excluding hydrogens is 404 g/mol. The van der Waals surface area contributed by atoms with E-state index in [1.807, 2.05) is 36.1 Å². The van der Waals surface area contributed by atoms with Crippen molar-refractivity contribution in [1.82, 2.24) is 19.8 Å². The van der Waals surface area contributed by atoms with Gasteiger partial charge in [-0.3, -0.25) is 14.5 Å². The number of hydrogen-bond donors (Lipinski definition) is 1. The molecule has 7 heteroatoms. The van der Waals surface area contributed by atoms with E-state index in [1.165, 1.54) is 0 Å². The molecule has 4 rings (SSSR count). The Hall–Kier alpha value is -2.67. The fourth-order valence-corrected chi connectivity index (χ4v) is 4.67. The molecule has 0 aliphatic carbocycles. The number of fused-ring (bicyclic) bond motifs is 1. The molecule has 1 aromatic heterocycles. The van der Waals surface area contributed by atoms with Crippen LogP contribution in [0.1, 0.15) is 62.2 Å². The molecule has 0 bridgehead atoms. The van der Waals surface area contributed by atoms with Gasteiger partial charge in [-0.1, -0.05) is 12.1 Å². The number of H-pyrrole nitrogens is 1. The van der Waals surface area contributed by atoms with Crippen LogP contribution in [0.3, 0.4) is 0 Å². The number of nitrogens with zero attached hydrogens (tertiary/aromatic N) is 3. The Morgan fingerprint density at radius 3 is 2.56 bits per heavy atom. The molecule has 1 N–H and O–H groups in total. The number of carbonyl (C=O) groups excluding carboxylic acids is 1. The van der Waals surface area contributed by atoms with E-state index in [2.05, 4.69) is 23.7 Å². The van der Waals surface area contributed by atoms with Crippen molar-refractivity contribution in [3.63, 3.8) is 0 Å². The molecule has 2 aromatic rings. The lowest BCUT2D eigenvalue weighted by Crippen LogP contribution is -2.41. The van der Waals surface area contributed by atoms with Gasteiger partial charge in [0.15, 0.2) is 0 Å². The maximum Gasteiger partial charge on any atom is 0.254 e. The summed E-state index contributed by atoms with van der Waals surface area (Å²) < 4.78 is 5.47. The summed E-state index contributed by atoms with van der Waals surface area (Å²) in [6, 6.07) is 8.18. The average Bonchev–Trinajstić information content (AvgIpc) is 2.80. The zero-order chi connectivity index (χ0) is 22.7. The smallest absolute Gasteiger partial charge is 0.254 e. The third-order valence-electron chi connectivity index (χ3n) is 6.68. The van der Waals surface area contributed by atoms with Gasteiger partial charge in [0.2, 0.25) is 5.91 Å². The van der Waals surface area contributed by atoms with Crippen LogP contribution < -0.4 is 10.3 Å². The number of nitrogens with one attached hydrogen (secondary N) is 1. The van der Waals surface area contributed by atoms with E-state index in [-0.39, 0.29) is 17.4 Å². The predicted octanol–water partition coefficient (Wildman–Crippen LogP) is 2.88. The Bertz CT molecular complexity index is 991. The Morgan fingerprint density at radius 2 is 1.91 bits per heavy atom. The number of rotatable bonds is 6. The molecule has 7 nitrogen and oxygen atoms in total. The molecule has 0 atom stereocenters. The molecule has 1 saturated heterocycles.